The molecule has 0 saturated heterocycles. The Morgan fingerprint density at radius 3 is 1.41 bits per heavy atom. The van der Waals surface area contributed by atoms with Crippen molar-refractivity contribution in [3.05, 3.63) is 122 Å². The molecule has 0 saturated carbocycles. The number of carbonyl (C=O) groups excluding carboxylic acids is 2. The Balaban J connectivity index is 5.50. The zero-order valence-corrected chi connectivity index (χ0v) is 45.4. The Kier molecular flexibility index (Phi) is 45.6. The van der Waals surface area contributed by atoms with Crippen LogP contribution in [0.3, 0.4) is 0 Å². The molecule has 1 amide bonds. The van der Waals surface area contributed by atoms with Gasteiger partial charge in [0, 0.05) is 12.8 Å². The first kappa shape index (κ1) is 65.4. The van der Waals surface area contributed by atoms with Crippen LogP contribution in [-0.2, 0) is 27.9 Å². The van der Waals surface area contributed by atoms with E-state index < -0.39 is 26.6 Å². The predicted octanol–water partition coefficient (Wildman–Crippen LogP) is 15.4. The molecule has 392 valence electrons. The van der Waals surface area contributed by atoms with Crippen LogP contribution < -0.4 is 10.2 Å². The van der Waals surface area contributed by atoms with Crippen molar-refractivity contribution in [2.75, 3.05) is 40.9 Å². The molecule has 0 spiro atoms. The normalized spacial score (nSPS) is 14.8. The van der Waals surface area contributed by atoms with Gasteiger partial charge in [0.15, 0.2) is 0 Å². The minimum atomic E-state index is -4.71. The molecule has 69 heavy (non-hydrogen) atoms. The van der Waals surface area contributed by atoms with E-state index in [-0.39, 0.29) is 31.3 Å². The van der Waals surface area contributed by atoms with Gasteiger partial charge in [-0.25, -0.2) is 0 Å². The van der Waals surface area contributed by atoms with Gasteiger partial charge >= 0.3 is 5.97 Å². The van der Waals surface area contributed by atoms with Crippen molar-refractivity contribution in [2.45, 2.75) is 200 Å². The number of carbonyl (C=O) groups is 2. The number of rotatable bonds is 46. The first-order valence-corrected chi connectivity index (χ1v) is 28.4. The highest BCUT2D eigenvalue weighted by Gasteiger charge is 2.27. The van der Waals surface area contributed by atoms with Gasteiger partial charge in [-0.1, -0.05) is 226 Å². The number of nitrogens with zero attached hydrogens (tertiary/aromatic N) is 1. The van der Waals surface area contributed by atoms with Crippen molar-refractivity contribution in [1.29, 1.82) is 0 Å². The number of unbranched alkanes of at least 4 members (excludes halogenated alkanes) is 19. The van der Waals surface area contributed by atoms with Gasteiger partial charge in [-0.2, -0.15) is 0 Å². The molecule has 0 aliphatic heterocycles. The number of quaternary nitrogens is 1. The largest absolute Gasteiger partial charge is 0.756 e. The lowest BCUT2D eigenvalue weighted by molar-refractivity contribution is -0.870. The van der Waals surface area contributed by atoms with E-state index in [1.807, 2.05) is 88.0 Å². The minimum Gasteiger partial charge on any atom is -0.756 e. The van der Waals surface area contributed by atoms with Gasteiger partial charge < -0.3 is 28.5 Å². The number of ether oxygens (including phenoxy) is 1. The average molecular weight is 979 g/mol. The summed E-state index contributed by atoms with van der Waals surface area (Å²) >= 11 is 0. The molecular weight excluding hydrogens is 880 g/mol. The van der Waals surface area contributed by atoms with Gasteiger partial charge in [0.1, 0.15) is 19.3 Å². The molecule has 0 aromatic rings. The molecule has 0 heterocycles. The molecule has 0 aliphatic carbocycles. The third-order valence-electron chi connectivity index (χ3n) is 11.1. The van der Waals surface area contributed by atoms with Crippen molar-refractivity contribution in [2.24, 2.45) is 0 Å². The highest BCUT2D eigenvalue weighted by Crippen LogP contribution is 2.38. The molecule has 0 fully saturated rings. The number of hydrogen-bond acceptors (Lipinski definition) is 7. The molecule has 0 bridgehead atoms. The van der Waals surface area contributed by atoms with E-state index >= 15 is 0 Å². The predicted molar refractivity (Wildman–Crippen MR) is 293 cm³/mol. The maximum Gasteiger partial charge on any atom is 0.306 e. The highest BCUT2D eigenvalue weighted by molar-refractivity contribution is 7.45. The first-order valence-electron chi connectivity index (χ1n) is 27.0. The van der Waals surface area contributed by atoms with E-state index in [9.17, 15) is 19.0 Å². The van der Waals surface area contributed by atoms with Crippen LogP contribution in [0.25, 0.3) is 0 Å². The zero-order valence-electron chi connectivity index (χ0n) is 44.5. The van der Waals surface area contributed by atoms with Crippen molar-refractivity contribution in [3.8, 4) is 0 Å². The van der Waals surface area contributed by atoms with E-state index in [0.717, 1.165) is 77.0 Å². The number of nitrogens with one attached hydrogen (secondary N) is 1. The Morgan fingerprint density at radius 2 is 0.928 bits per heavy atom. The molecule has 0 rings (SSSR count). The van der Waals surface area contributed by atoms with Crippen LogP contribution in [-0.4, -0.2) is 69.4 Å². The zero-order chi connectivity index (χ0) is 50.8. The van der Waals surface area contributed by atoms with Crippen LogP contribution >= 0.6 is 7.82 Å². The standard InChI is InChI=1S/C59H99N2O7P/c1-7-10-13-16-19-22-25-27-29-30-32-33-36-39-42-45-48-51-58(62)60-56(55-67-69(64,65)66-54-53-61(4,5)6)57(50-47-44-41-38-35-24-21-18-15-12-9-3)68-59(63)52-49-46-43-40-37-34-31-28-26-23-20-17-14-11-8-2/h10-11,13-14,16-17,19-20,22-23,25-27,29-30,32-33,36,47,50,56-57H,7-9,12,15,18,21,24,28,31,34-35,37-46,48-49,51-55H2,1-6H3,(H-,60,62,64,65)/b13-10-,14-11+,19-16+,20-17+,25-22+,26-23+,29-27-,32-30+,36-33+,50-47+. The van der Waals surface area contributed by atoms with Crippen LogP contribution in [0.4, 0.5) is 0 Å². The van der Waals surface area contributed by atoms with E-state index in [0.29, 0.717) is 23.9 Å². The molecule has 0 radical (unpaired) electrons. The molecular formula is C59H99N2O7P. The van der Waals surface area contributed by atoms with Gasteiger partial charge in [0.25, 0.3) is 7.82 Å². The molecule has 3 unspecified atom stereocenters. The number of esters is 1. The van der Waals surface area contributed by atoms with E-state index in [2.05, 4.69) is 74.7 Å². The number of amides is 1. The van der Waals surface area contributed by atoms with Crippen molar-refractivity contribution in [3.63, 3.8) is 0 Å². The lowest BCUT2D eigenvalue weighted by Gasteiger charge is -2.30. The number of hydrogen-bond donors (Lipinski definition) is 1. The second-order valence-electron chi connectivity index (χ2n) is 18.8. The van der Waals surface area contributed by atoms with Crippen molar-refractivity contribution in [1.82, 2.24) is 5.32 Å². The number of phosphoric acid groups is 1. The Morgan fingerprint density at radius 1 is 0.522 bits per heavy atom. The summed E-state index contributed by atoms with van der Waals surface area (Å²) in [7, 11) is 1.12. The second-order valence-corrected chi connectivity index (χ2v) is 20.2. The summed E-state index contributed by atoms with van der Waals surface area (Å²) in [6.45, 7) is 6.48. The fourth-order valence-electron chi connectivity index (χ4n) is 6.96. The highest BCUT2D eigenvalue weighted by atomic mass is 31.2. The number of allylic oxidation sites excluding steroid dienone is 19. The van der Waals surface area contributed by atoms with Crippen LogP contribution in [0.1, 0.15) is 188 Å². The van der Waals surface area contributed by atoms with Gasteiger partial charge in [-0.15, -0.1) is 0 Å². The van der Waals surface area contributed by atoms with E-state index in [1.165, 1.54) is 64.2 Å². The fourth-order valence-corrected chi connectivity index (χ4v) is 7.69. The maximum absolute atomic E-state index is 13.4. The van der Waals surface area contributed by atoms with Crippen LogP contribution in [0.15, 0.2) is 122 Å². The molecule has 1 N–H and O–H groups in total. The monoisotopic (exact) mass is 979 g/mol. The minimum absolute atomic E-state index is 0.0410. The summed E-state index contributed by atoms with van der Waals surface area (Å²) in [6, 6.07) is -0.924. The Hall–Kier alpha value is -3.59. The molecule has 3 atom stereocenters. The van der Waals surface area contributed by atoms with Crippen LogP contribution in [0.5, 0.6) is 0 Å². The topological polar surface area (TPSA) is 114 Å². The van der Waals surface area contributed by atoms with Crippen LogP contribution in [0.2, 0.25) is 0 Å². The Bertz CT molecular complexity index is 1600. The summed E-state index contributed by atoms with van der Waals surface area (Å²) in [5, 5.41) is 2.98. The fraction of sp³-hybridized carbons (Fsp3) is 0.627. The number of likely N-dealkylation sites (N-methyl/N-ethyl adjacent to an activating group) is 1. The van der Waals surface area contributed by atoms with Crippen molar-refractivity contribution >= 4 is 19.7 Å². The summed E-state index contributed by atoms with van der Waals surface area (Å²) in [5.74, 6) is -0.620. The molecule has 9 nitrogen and oxygen atoms in total. The SMILES string of the molecule is CC\C=C/C=C/C=C/C=C\C=C\C=C\CCCCCC(=O)NC(COP(=O)([O-])OCC[N+](C)(C)C)C(/C=C/CCCCCCCCCCC)OC(=O)CCCCCCCCC/C=C/C=C/C=C/CC. The summed E-state index contributed by atoms with van der Waals surface area (Å²) in [5.41, 5.74) is 0. The summed E-state index contributed by atoms with van der Waals surface area (Å²) < 4.78 is 30.1. The van der Waals surface area contributed by atoms with Gasteiger partial charge in [-0.3, -0.25) is 14.2 Å². The van der Waals surface area contributed by atoms with Gasteiger partial charge in [0.2, 0.25) is 5.91 Å². The average Bonchev–Trinajstić information content (AvgIpc) is 3.31. The molecule has 0 aromatic heterocycles. The lowest BCUT2D eigenvalue weighted by atomic mass is 10.1. The maximum atomic E-state index is 13.4. The summed E-state index contributed by atoms with van der Waals surface area (Å²) in [4.78, 5) is 39.7. The third-order valence-corrected chi connectivity index (χ3v) is 12.1. The van der Waals surface area contributed by atoms with Crippen LogP contribution in [0, 0.1) is 0 Å². The van der Waals surface area contributed by atoms with Crippen molar-refractivity contribution < 1.29 is 37.3 Å². The summed E-state index contributed by atoms with van der Waals surface area (Å²) in [6.07, 6.45) is 65.9. The smallest absolute Gasteiger partial charge is 0.306 e. The van der Waals surface area contributed by atoms with E-state index in [4.69, 9.17) is 13.8 Å². The molecule has 10 heteroatoms. The van der Waals surface area contributed by atoms with Gasteiger partial charge in [0.05, 0.1) is 33.8 Å². The molecule has 0 aliphatic rings. The quantitative estimate of drug-likeness (QED) is 0.0161. The third kappa shape index (κ3) is 49.2. The van der Waals surface area contributed by atoms with E-state index in [1.54, 1.807) is 6.08 Å². The Labute approximate surface area is 423 Å². The second kappa shape index (κ2) is 48.1. The van der Waals surface area contributed by atoms with Gasteiger partial charge in [-0.05, 0) is 70.3 Å². The molecule has 0 aromatic carbocycles. The lowest BCUT2D eigenvalue weighted by Crippen LogP contribution is -2.47. The number of phosphoric ester groups is 1. The first-order chi connectivity index (χ1) is 33.4.